The lowest BCUT2D eigenvalue weighted by atomic mass is 10.1. The van der Waals surface area contributed by atoms with Crippen molar-refractivity contribution >= 4 is 55.8 Å². The van der Waals surface area contributed by atoms with E-state index in [9.17, 15) is 9.59 Å². The predicted octanol–water partition coefficient (Wildman–Crippen LogP) is 4.74. The number of carbonyl (C=O) groups excluding carboxylic acids is 2. The van der Waals surface area contributed by atoms with Crippen molar-refractivity contribution in [3.8, 4) is 5.75 Å². The zero-order valence-electron chi connectivity index (χ0n) is 17.1. The monoisotopic (exact) mass is 454 g/mol. The van der Waals surface area contributed by atoms with Crippen LogP contribution in [0, 0.1) is 6.92 Å². The standard InChI is InChI=1S/C23H19ClN2O4S/c1-13-17(24)8-9-19-21(13)26(12-20(27)30-3)23(31-19)25-22(28)16-10-14-6-4-5-7-15(14)11-18(16)29-2/h4-11H,12H2,1-3H3. The van der Waals surface area contributed by atoms with Gasteiger partial charge in [-0.1, -0.05) is 47.2 Å². The van der Waals surface area contributed by atoms with Crippen LogP contribution in [-0.4, -0.2) is 30.7 Å². The van der Waals surface area contributed by atoms with Crippen LogP contribution in [0.5, 0.6) is 5.75 Å². The number of thiazole rings is 1. The first kappa shape index (κ1) is 21.1. The van der Waals surface area contributed by atoms with E-state index >= 15 is 0 Å². The van der Waals surface area contributed by atoms with Crippen molar-refractivity contribution < 1.29 is 19.1 Å². The largest absolute Gasteiger partial charge is 0.496 e. The second-order valence-corrected chi connectivity index (χ2v) is 8.30. The minimum atomic E-state index is -0.462. The first-order valence-corrected chi connectivity index (χ1v) is 10.6. The Morgan fingerprint density at radius 1 is 1.10 bits per heavy atom. The van der Waals surface area contributed by atoms with Crippen LogP contribution in [-0.2, 0) is 16.1 Å². The maximum Gasteiger partial charge on any atom is 0.325 e. The van der Waals surface area contributed by atoms with E-state index in [1.807, 2.05) is 43.3 Å². The van der Waals surface area contributed by atoms with E-state index in [1.165, 1.54) is 25.6 Å². The minimum absolute atomic E-state index is 0.0847. The zero-order valence-corrected chi connectivity index (χ0v) is 18.7. The van der Waals surface area contributed by atoms with Gasteiger partial charge in [0, 0.05) is 5.02 Å². The molecule has 0 aliphatic rings. The van der Waals surface area contributed by atoms with Gasteiger partial charge in [-0.05, 0) is 47.5 Å². The Kier molecular flexibility index (Phi) is 5.80. The molecular weight excluding hydrogens is 436 g/mol. The van der Waals surface area contributed by atoms with Crippen LogP contribution in [0.3, 0.4) is 0 Å². The fourth-order valence-corrected chi connectivity index (χ4v) is 4.68. The Morgan fingerprint density at radius 2 is 1.81 bits per heavy atom. The molecule has 8 heteroatoms. The maximum absolute atomic E-state index is 13.2. The number of nitrogens with zero attached hydrogens (tertiary/aromatic N) is 2. The summed E-state index contributed by atoms with van der Waals surface area (Å²) >= 11 is 7.60. The lowest BCUT2D eigenvalue weighted by Crippen LogP contribution is -2.23. The summed E-state index contributed by atoms with van der Waals surface area (Å²) in [5, 5.41) is 2.44. The molecule has 158 valence electrons. The van der Waals surface area contributed by atoms with Gasteiger partial charge in [0.05, 0.1) is 30.0 Å². The molecule has 0 N–H and O–H groups in total. The molecule has 1 aromatic heterocycles. The van der Waals surface area contributed by atoms with Crippen molar-refractivity contribution in [1.82, 2.24) is 4.57 Å². The number of aromatic nitrogens is 1. The maximum atomic E-state index is 13.2. The van der Waals surface area contributed by atoms with E-state index in [0.717, 1.165) is 26.6 Å². The van der Waals surface area contributed by atoms with Crippen LogP contribution in [0.25, 0.3) is 21.0 Å². The number of hydrogen-bond donors (Lipinski definition) is 0. The van der Waals surface area contributed by atoms with Crippen molar-refractivity contribution in [2.45, 2.75) is 13.5 Å². The van der Waals surface area contributed by atoms with Crippen molar-refractivity contribution in [2.75, 3.05) is 14.2 Å². The number of aryl methyl sites for hydroxylation is 1. The smallest absolute Gasteiger partial charge is 0.325 e. The van der Waals surface area contributed by atoms with Gasteiger partial charge in [-0.2, -0.15) is 4.99 Å². The number of carbonyl (C=O) groups is 2. The zero-order chi connectivity index (χ0) is 22.1. The van der Waals surface area contributed by atoms with E-state index in [-0.39, 0.29) is 6.54 Å². The molecule has 0 saturated heterocycles. The first-order valence-electron chi connectivity index (χ1n) is 9.44. The third kappa shape index (κ3) is 3.94. The van der Waals surface area contributed by atoms with Gasteiger partial charge >= 0.3 is 5.97 Å². The molecule has 4 aromatic rings. The number of esters is 1. The summed E-state index contributed by atoms with van der Waals surface area (Å²) < 4.78 is 12.8. The average Bonchev–Trinajstić information content (AvgIpc) is 3.12. The molecule has 0 aliphatic heterocycles. The topological polar surface area (TPSA) is 69.9 Å². The summed E-state index contributed by atoms with van der Waals surface area (Å²) in [6, 6.07) is 14.9. The van der Waals surface area contributed by atoms with Crippen LogP contribution >= 0.6 is 22.9 Å². The average molecular weight is 455 g/mol. The second-order valence-electron chi connectivity index (χ2n) is 6.88. The summed E-state index contributed by atoms with van der Waals surface area (Å²) in [6.45, 7) is 1.78. The third-order valence-corrected chi connectivity index (χ3v) is 6.49. The lowest BCUT2D eigenvalue weighted by molar-refractivity contribution is -0.141. The lowest BCUT2D eigenvalue weighted by Gasteiger charge is -2.08. The summed E-state index contributed by atoms with van der Waals surface area (Å²) in [7, 11) is 2.84. The number of rotatable bonds is 4. The molecule has 6 nitrogen and oxygen atoms in total. The third-order valence-electron chi connectivity index (χ3n) is 5.04. The van der Waals surface area contributed by atoms with Gasteiger partial charge in [0.2, 0.25) is 0 Å². The highest BCUT2D eigenvalue weighted by molar-refractivity contribution is 7.16. The summed E-state index contributed by atoms with van der Waals surface area (Å²) in [4.78, 5) is 30.0. The predicted molar refractivity (Wildman–Crippen MR) is 122 cm³/mol. The van der Waals surface area contributed by atoms with Crippen LogP contribution in [0.4, 0.5) is 0 Å². The molecule has 0 unspecified atom stereocenters. The highest BCUT2D eigenvalue weighted by Gasteiger charge is 2.17. The summed E-state index contributed by atoms with van der Waals surface area (Å²) in [6.07, 6.45) is 0. The number of fused-ring (bicyclic) bond motifs is 2. The molecule has 31 heavy (non-hydrogen) atoms. The Hall–Kier alpha value is -3.16. The molecule has 0 spiro atoms. The number of amides is 1. The number of halogens is 1. The van der Waals surface area contributed by atoms with Crippen molar-refractivity contribution in [3.63, 3.8) is 0 Å². The second kappa shape index (κ2) is 8.53. The first-order chi connectivity index (χ1) is 14.9. The summed E-state index contributed by atoms with van der Waals surface area (Å²) in [5.74, 6) is -0.472. The van der Waals surface area contributed by atoms with Crippen molar-refractivity contribution in [3.05, 3.63) is 69.5 Å². The molecule has 0 atom stereocenters. The van der Waals surface area contributed by atoms with E-state index in [2.05, 4.69) is 4.99 Å². The molecule has 0 bridgehead atoms. The fourth-order valence-electron chi connectivity index (χ4n) is 3.44. The highest BCUT2D eigenvalue weighted by Crippen LogP contribution is 2.29. The highest BCUT2D eigenvalue weighted by atomic mass is 35.5. The molecule has 0 radical (unpaired) electrons. The number of methoxy groups -OCH3 is 2. The molecule has 4 rings (SSSR count). The molecule has 0 saturated carbocycles. The fraction of sp³-hybridized carbons (Fsp3) is 0.174. The van der Waals surface area contributed by atoms with Gasteiger partial charge in [0.1, 0.15) is 12.3 Å². The van der Waals surface area contributed by atoms with E-state index in [1.54, 1.807) is 16.7 Å². The normalized spacial score (nSPS) is 11.8. The van der Waals surface area contributed by atoms with E-state index in [4.69, 9.17) is 21.1 Å². The van der Waals surface area contributed by atoms with Gasteiger partial charge in [0.25, 0.3) is 5.91 Å². The van der Waals surface area contributed by atoms with Crippen LogP contribution in [0.1, 0.15) is 15.9 Å². The quantitative estimate of drug-likeness (QED) is 0.417. The molecule has 0 aliphatic carbocycles. The van der Waals surface area contributed by atoms with Crippen molar-refractivity contribution in [1.29, 1.82) is 0 Å². The van der Waals surface area contributed by atoms with Crippen LogP contribution in [0.2, 0.25) is 5.02 Å². The van der Waals surface area contributed by atoms with Gasteiger partial charge in [-0.15, -0.1) is 0 Å². The Labute approximate surface area is 187 Å². The van der Waals surface area contributed by atoms with E-state index < -0.39 is 11.9 Å². The molecule has 1 amide bonds. The van der Waals surface area contributed by atoms with Crippen LogP contribution in [0.15, 0.2) is 53.5 Å². The molecule has 1 heterocycles. The number of hydrogen-bond acceptors (Lipinski definition) is 5. The van der Waals surface area contributed by atoms with Gasteiger partial charge < -0.3 is 14.0 Å². The molecule has 0 fully saturated rings. The Morgan fingerprint density at radius 3 is 2.48 bits per heavy atom. The number of benzene rings is 3. The van der Waals surface area contributed by atoms with Gasteiger partial charge in [0.15, 0.2) is 4.80 Å². The van der Waals surface area contributed by atoms with E-state index in [0.29, 0.717) is 21.1 Å². The van der Waals surface area contributed by atoms with Gasteiger partial charge in [-0.25, -0.2) is 0 Å². The molecular formula is C23H19ClN2O4S. The number of ether oxygens (including phenoxy) is 2. The SMILES string of the molecule is COC(=O)Cn1c(=NC(=O)c2cc3ccccc3cc2OC)sc2ccc(Cl)c(C)c21. The molecule has 3 aromatic carbocycles. The Bertz CT molecular complexity index is 1400. The summed E-state index contributed by atoms with van der Waals surface area (Å²) in [5.41, 5.74) is 1.90. The minimum Gasteiger partial charge on any atom is -0.496 e. The van der Waals surface area contributed by atoms with Crippen molar-refractivity contribution in [2.24, 2.45) is 4.99 Å². The Balaban J connectivity index is 1.92. The van der Waals surface area contributed by atoms with Crippen LogP contribution < -0.4 is 9.54 Å². The van der Waals surface area contributed by atoms with Gasteiger partial charge in [-0.3, -0.25) is 9.59 Å².